The van der Waals surface area contributed by atoms with Crippen molar-refractivity contribution in [3.8, 4) is 17.4 Å². The number of likely N-dealkylation sites (tertiary alicyclic amines) is 1. The minimum absolute atomic E-state index is 0.00931. The van der Waals surface area contributed by atoms with E-state index in [1.165, 1.54) is 0 Å². The fraction of sp³-hybridized carbons (Fsp3) is 0.308. The number of anilines is 1. The van der Waals surface area contributed by atoms with Crippen molar-refractivity contribution in [2.24, 2.45) is 0 Å². The molecule has 2 N–H and O–H groups in total. The van der Waals surface area contributed by atoms with Crippen molar-refractivity contribution in [1.82, 2.24) is 9.88 Å². The summed E-state index contributed by atoms with van der Waals surface area (Å²) in [6.45, 7) is 1.84. The van der Waals surface area contributed by atoms with Gasteiger partial charge in [-0.25, -0.2) is 4.98 Å². The maximum absolute atomic E-state index is 13.1. The van der Waals surface area contributed by atoms with Gasteiger partial charge in [-0.05, 0) is 55.3 Å². The fourth-order valence-electron chi connectivity index (χ4n) is 3.92. The second kappa shape index (κ2) is 11.4. The van der Waals surface area contributed by atoms with Gasteiger partial charge in [0.2, 0.25) is 11.8 Å². The Balaban J connectivity index is 1.35. The average molecular weight is 448 g/mol. The molecule has 0 aliphatic carbocycles. The van der Waals surface area contributed by atoms with E-state index in [1.807, 2.05) is 54.6 Å². The van der Waals surface area contributed by atoms with Crippen LogP contribution >= 0.6 is 0 Å². The Morgan fingerprint density at radius 1 is 1.03 bits per heavy atom. The van der Waals surface area contributed by atoms with E-state index < -0.39 is 0 Å². The highest BCUT2D eigenvalue weighted by molar-refractivity contribution is 5.94. The van der Waals surface area contributed by atoms with Crippen molar-refractivity contribution in [2.45, 2.75) is 31.8 Å². The lowest BCUT2D eigenvalue weighted by molar-refractivity contribution is -0.122. The van der Waals surface area contributed by atoms with E-state index in [-0.39, 0.29) is 25.2 Å². The highest BCUT2D eigenvalue weighted by Crippen LogP contribution is 2.24. The van der Waals surface area contributed by atoms with E-state index in [9.17, 15) is 4.79 Å². The summed E-state index contributed by atoms with van der Waals surface area (Å²) in [5.74, 6) is 1.90. The van der Waals surface area contributed by atoms with Crippen LogP contribution in [0.5, 0.6) is 17.4 Å². The number of nitrogens with one attached hydrogen (secondary N) is 1. The zero-order valence-electron chi connectivity index (χ0n) is 18.5. The topological polar surface area (TPSA) is 83.9 Å². The molecule has 1 aromatic heterocycles. The first-order valence-corrected chi connectivity index (χ1v) is 11.3. The van der Waals surface area contributed by atoms with Crippen LogP contribution in [0.25, 0.3) is 0 Å². The summed E-state index contributed by atoms with van der Waals surface area (Å²) in [7, 11) is 0. The van der Waals surface area contributed by atoms with Crippen molar-refractivity contribution in [3.63, 3.8) is 0 Å². The number of amides is 1. The van der Waals surface area contributed by atoms with Crippen molar-refractivity contribution in [3.05, 3.63) is 78.5 Å². The van der Waals surface area contributed by atoms with Crippen molar-refractivity contribution >= 4 is 11.6 Å². The molecule has 172 valence electrons. The third-order valence-electron chi connectivity index (χ3n) is 5.55. The number of nitrogens with zero attached hydrogens (tertiary/aromatic N) is 2. The third-order valence-corrected chi connectivity index (χ3v) is 5.55. The number of rotatable bonds is 9. The molecule has 1 saturated heterocycles. The Hall–Kier alpha value is -3.42. The number of piperidine rings is 1. The van der Waals surface area contributed by atoms with Crippen molar-refractivity contribution in [1.29, 1.82) is 0 Å². The van der Waals surface area contributed by atoms with E-state index in [0.717, 1.165) is 37.1 Å². The van der Waals surface area contributed by atoms with Crippen LogP contribution in [-0.4, -0.2) is 46.7 Å². The van der Waals surface area contributed by atoms with Gasteiger partial charge in [-0.3, -0.25) is 9.69 Å². The zero-order valence-corrected chi connectivity index (χ0v) is 18.5. The molecule has 1 aliphatic rings. The number of aromatic nitrogens is 1. The van der Waals surface area contributed by atoms with Crippen LogP contribution < -0.4 is 14.8 Å². The van der Waals surface area contributed by atoms with Gasteiger partial charge in [0, 0.05) is 12.6 Å². The largest absolute Gasteiger partial charge is 0.491 e. The Bertz CT molecular complexity index is 1010. The number of carbonyl (C=O) groups excluding carboxylic acids is 1. The van der Waals surface area contributed by atoms with Crippen LogP contribution in [0.3, 0.4) is 0 Å². The second-order valence-electron chi connectivity index (χ2n) is 7.99. The number of hydrogen-bond donors (Lipinski definition) is 2. The van der Waals surface area contributed by atoms with E-state index in [0.29, 0.717) is 23.9 Å². The summed E-state index contributed by atoms with van der Waals surface area (Å²) in [4.78, 5) is 19.6. The summed E-state index contributed by atoms with van der Waals surface area (Å²) >= 11 is 0. The number of aliphatic hydroxyl groups excluding tert-OH is 1. The summed E-state index contributed by atoms with van der Waals surface area (Å²) < 4.78 is 11.1. The lowest BCUT2D eigenvalue weighted by Crippen LogP contribution is -2.46. The monoisotopic (exact) mass is 447 g/mol. The smallest absolute Gasteiger partial charge is 0.241 e. The molecule has 0 spiro atoms. The highest BCUT2D eigenvalue weighted by atomic mass is 16.5. The SMILES string of the molecule is O=C(Nc1ccc(Oc2ccccc2)nc1)[C@H]1CCCCN1Cc1ccc(OCCO)cc1. The molecule has 2 aromatic carbocycles. The van der Waals surface area contributed by atoms with Gasteiger partial charge < -0.3 is 19.9 Å². The molecule has 4 rings (SSSR count). The number of ether oxygens (including phenoxy) is 2. The molecule has 0 radical (unpaired) electrons. The first-order valence-electron chi connectivity index (χ1n) is 11.3. The third kappa shape index (κ3) is 6.54. The maximum Gasteiger partial charge on any atom is 0.241 e. The molecule has 0 unspecified atom stereocenters. The first kappa shape index (κ1) is 22.8. The number of aliphatic hydroxyl groups is 1. The summed E-state index contributed by atoms with van der Waals surface area (Å²) in [5.41, 5.74) is 1.77. The second-order valence-corrected chi connectivity index (χ2v) is 7.99. The molecule has 2 heterocycles. The average Bonchev–Trinajstić information content (AvgIpc) is 2.86. The van der Waals surface area contributed by atoms with Gasteiger partial charge in [0.15, 0.2) is 0 Å². The molecule has 33 heavy (non-hydrogen) atoms. The number of para-hydroxylation sites is 1. The van der Waals surface area contributed by atoms with Gasteiger partial charge in [0.25, 0.3) is 0 Å². The number of benzene rings is 2. The minimum Gasteiger partial charge on any atom is -0.491 e. The molecule has 1 fully saturated rings. The standard InChI is InChI=1S/C26H29N3O4/c30-16-17-32-22-12-9-20(10-13-22)19-29-15-5-4-8-24(29)26(31)28-21-11-14-25(27-18-21)33-23-6-2-1-3-7-23/h1-3,6-7,9-14,18,24,30H,4-5,8,15-17,19H2,(H,28,31)/t24-/m1/s1. The lowest BCUT2D eigenvalue weighted by atomic mass is 10.00. The molecule has 1 amide bonds. The Kier molecular flexibility index (Phi) is 7.90. The van der Waals surface area contributed by atoms with E-state index in [1.54, 1.807) is 18.3 Å². The van der Waals surface area contributed by atoms with Crippen LogP contribution in [0, 0.1) is 0 Å². The van der Waals surface area contributed by atoms with Crippen LogP contribution in [0.2, 0.25) is 0 Å². The van der Waals surface area contributed by atoms with Crippen LogP contribution in [0.15, 0.2) is 72.9 Å². The number of pyridine rings is 1. The van der Waals surface area contributed by atoms with Gasteiger partial charge in [0.05, 0.1) is 24.5 Å². The molecular weight excluding hydrogens is 418 g/mol. The minimum atomic E-state index is -0.190. The lowest BCUT2D eigenvalue weighted by Gasteiger charge is -2.34. The fourth-order valence-corrected chi connectivity index (χ4v) is 3.92. The summed E-state index contributed by atoms with van der Waals surface area (Å²) in [5, 5.41) is 11.9. The van der Waals surface area contributed by atoms with Crippen LogP contribution in [0.4, 0.5) is 5.69 Å². The predicted molar refractivity (Wildman–Crippen MR) is 126 cm³/mol. The molecule has 0 saturated carbocycles. The molecular formula is C26H29N3O4. The van der Waals surface area contributed by atoms with Gasteiger partial charge in [-0.2, -0.15) is 0 Å². The van der Waals surface area contributed by atoms with E-state index >= 15 is 0 Å². The molecule has 1 aliphatic heterocycles. The first-order chi connectivity index (χ1) is 16.2. The molecule has 3 aromatic rings. The molecule has 7 nitrogen and oxygen atoms in total. The summed E-state index contributed by atoms with van der Waals surface area (Å²) in [6, 6.07) is 20.6. The Morgan fingerprint density at radius 3 is 2.58 bits per heavy atom. The molecule has 0 bridgehead atoms. The highest BCUT2D eigenvalue weighted by Gasteiger charge is 2.28. The zero-order chi connectivity index (χ0) is 22.9. The normalized spacial score (nSPS) is 16.2. The van der Waals surface area contributed by atoms with Crippen molar-refractivity contribution < 1.29 is 19.4 Å². The maximum atomic E-state index is 13.1. The quantitative estimate of drug-likeness (QED) is 0.511. The Morgan fingerprint density at radius 2 is 1.85 bits per heavy atom. The van der Waals surface area contributed by atoms with E-state index in [4.69, 9.17) is 14.6 Å². The van der Waals surface area contributed by atoms with Gasteiger partial charge in [-0.15, -0.1) is 0 Å². The summed E-state index contributed by atoms with van der Waals surface area (Å²) in [6.07, 6.45) is 4.56. The van der Waals surface area contributed by atoms with Gasteiger partial charge in [-0.1, -0.05) is 36.8 Å². The van der Waals surface area contributed by atoms with Crippen LogP contribution in [-0.2, 0) is 11.3 Å². The van der Waals surface area contributed by atoms with Gasteiger partial charge >= 0.3 is 0 Å². The number of carbonyl (C=O) groups is 1. The van der Waals surface area contributed by atoms with E-state index in [2.05, 4.69) is 15.2 Å². The Labute approximate surface area is 194 Å². The predicted octanol–water partition coefficient (Wildman–Crippen LogP) is 4.24. The van der Waals surface area contributed by atoms with Gasteiger partial charge in [0.1, 0.15) is 18.1 Å². The number of hydrogen-bond acceptors (Lipinski definition) is 6. The van der Waals surface area contributed by atoms with Crippen molar-refractivity contribution in [2.75, 3.05) is 25.1 Å². The molecule has 1 atom stereocenters. The molecule has 7 heteroatoms. The van der Waals surface area contributed by atoms with Crippen LogP contribution in [0.1, 0.15) is 24.8 Å².